The average molecular weight is 442 g/mol. The quantitative estimate of drug-likeness (QED) is 0.449. The molecule has 4 aliphatic rings. The molecular formula is C27H36ClNO2. The number of hydrogen-bond acceptors (Lipinski definition) is 3. The Bertz CT molecular complexity index is 918. The van der Waals surface area contributed by atoms with Crippen molar-refractivity contribution in [2.45, 2.75) is 63.9 Å². The average Bonchev–Trinajstić information content (AvgIpc) is 2.95. The van der Waals surface area contributed by atoms with Gasteiger partial charge in [-0.05, 0) is 61.0 Å². The van der Waals surface area contributed by atoms with Gasteiger partial charge in [0.2, 0.25) is 0 Å². The van der Waals surface area contributed by atoms with E-state index in [0.717, 1.165) is 25.0 Å². The van der Waals surface area contributed by atoms with Gasteiger partial charge in [0.15, 0.2) is 0 Å². The number of hydrogen-bond donors (Lipinski definition) is 1. The van der Waals surface area contributed by atoms with E-state index in [1.807, 2.05) is 12.2 Å². The Morgan fingerprint density at radius 1 is 1.35 bits per heavy atom. The number of aliphatic hydroxyl groups excluding tert-OH is 1. The van der Waals surface area contributed by atoms with E-state index in [1.54, 1.807) is 13.1 Å². The van der Waals surface area contributed by atoms with E-state index in [1.165, 1.54) is 5.57 Å². The number of carbonyl (C=O) groups excluding carboxylic acids is 1. The molecule has 3 saturated carbocycles. The summed E-state index contributed by atoms with van der Waals surface area (Å²) < 4.78 is 0. The van der Waals surface area contributed by atoms with Crippen molar-refractivity contribution in [3.8, 4) is 0 Å². The molecule has 0 spiro atoms. The second-order valence-electron chi connectivity index (χ2n) is 10.6. The van der Waals surface area contributed by atoms with E-state index in [4.69, 9.17) is 11.6 Å². The summed E-state index contributed by atoms with van der Waals surface area (Å²) in [6.07, 6.45) is 12.8. The van der Waals surface area contributed by atoms with Crippen molar-refractivity contribution >= 4 is 23.1 Å². The van der Waals surface area contributed by atoms with Crippen LogP contribution in [0.2, 0.25) is 0 Å². The normalized spacial score (nSPS) is 49.6. The zero-order valence-electron chi connectivity index (χ0n) is 19.3. The smallest absolute Gasteiger partial charge is 0.147 e. The highest BCUT2D eigenvalue weighted by Gasteiger charge is 2.73. The Morgan fingerprint density at radius 3 is 2.68 bits per heavy atom. The molecule has 0 bridgehead atoms. The van der Waals surface area contributed by atoms with Crippen LogP contribution < -0.4 is 0 Å². The van der Waals surface area contributed by atoms with E-state index in [-0.39, 0.29) is 29.0 Å². The minimum Gasteiger partial charge on any atom is -0.391 e. The molecule has 8 atom stereocenters. The minimum atomic E-state index is -0.796. The second-order valence-corrected chi connectivity index (χ2v) is 11.3. The van der Waals surface area contributed by atoms with Crippen LogP contribution in [0.3, 0.4) is 0 Å². The van der Waals surface area contributed by atoms with Gasteiger partial charge in [0.05, 0.1) is 22.1 Å². The Morgan fingerprint density at radius 2 is 2.06 bits per heavy atom. The molecule has 0 aromatic rings. The molecule has 4 heteroatoms. The van der Waals surface area contributed by atoms with E-state index in [0.29, 0.717) is 12.8 Å². The highest BCUT2D eigenvalue weighted by Crippen LogP contribution is 2.74. The zero-order chi connectivity index (χ0) is 22.8. The van der Waals surface area contributed by atoms with Crippen molar-refractivity contribution in [1.29, 1.82) is 0 Å². The number of alkyl halides is 1. The first-order valence-electron chi connectivity index (χ1n) is 11.6. The Labute approximate surface area is 192 Å². The third-order valence-electron chi connectivity index (χ3n) is 9.74. The fourth-order valence-corrected chi connectivity index (χ4v) is 8.71. The topological polar surface area (TPSA) is 49.7 Å². The number of halogens is 1. The van der Waals surface area contributed by atoms with Gasteiger partial charge in [0.25, 0.3) is 0 Å². The number of allylic oxidation sites excluding steroid dienone is 6. The van der Waals surface area contributed by atoms with Crippen LogP contribution in [0.5, 0.6) is 0 Å². The zero-order valence-corrected chi connectivity index (χ0v) is 20.1. The summed E-state index contributed by atoms with van der Waals surface area (Å²) in [5, 5.41) is 11.7. The SMILES string of the molecule is C=CCC(=O)[C@@]1(C=C)[C@@H](C)C[C@H]2[C@@H]3CCC4=C/C(=N/C)C=C[C@]4(C)[C@@]3(Cl)[C@@H](O)C[C@@]21C. The Balaban J connectivity index is 1.84. The summed E-state index contributed by atoms with van der Waals surface area (Å²) >= 11 is 7.58. The van der Waals surface area contributed by atoms with Gasteiger partial charge < -0.3 is 5.11 Å². The van der Waals surface area contributed by atoms with Crippen molar-refractivity contribution in [1.82, 2.24) is 0 Å². The van der Waals surface area contributed by atoms with Crippen LogP contribution >= 0.6 is 11.6 Å². The highest BCUT2D eigenvalue weighted by atomic mass is 35.5. The van der Waals surface area contributed by atoms with Gasteiger partial charge in [0.1, 0.15) is 5.78 Å². The molecule has 0 unspecified atom stereocenters. The molecule has 1 N–H and O–H groups in total. The van der Waals surface area contributed by atoms with Gasteiger partial charge in [-0.25, -0.2) is 0 Å². The lowest BCUT2D eigenvalue weighted by molar-refractivity contribution is -0.145. The van der Waals surface area contributed by atoms with E-state index >= 15 is 0 Å². The van der Waals surface area contributed by atoms with E-state index in [2.05, 4.69) is 51.1 Å². The second kappa shape index (κ2) is 7.28. The van der Waals surface area contributed by atoms with Crippen molar-refractivity contribution in [3.63, 3.8) is 0 Å². The van der Waals surface area contributed by atoms with Crippen LogP contribution in [0.25, 0.3) is 0 Å². The third kappa shape index (κ3) is 2.57. The first-order valence-corrected chi connectivity index (χ1v) is 12.0. The molecule has 168 valence electrons. The standard InChI is InChI=1S/C27H36ClNO2/c1-7-9-22(30)26(8-2)17(3)14-21-20-11-10-18-15-19(29-6)12-13-24(18,4)27(20,28)23(31)16-25(21,26)5/h7-8,12-13,15,17,20-21,23,31H,1-2,9-11,14,16H2,3-6H3/b29-19+/t17-,20-,21-,23-,24-,25-,26+,27-/m0/s1. The van der Waals surface area contributed by atoms with E-state index < -0.39 is 21.8 Å². The van der Waals surface area contributed by atoms with Gasteiger partial charge in [-0.3, -0.25) is 9.79 Å². The van der Waals surface area contributed by atoms with Gasteiger partial charge >= 0.3 is 0 Å². The Hall–Kier alpha value is -1.45. The molecule has 3 fully saturated rings. The molecule has 0 aromatic carbocycles. The summed E-state index contributed by atoms with van der Waals surface area (Å²) in [5.41, 5.74) is 0.750. The van der Waals surface area contributed by atoms with Crippen molar-refractivity contribution < 1.29 is 9.90 Å². The number of rotatable bonds is 4. The molecule has 0 aromatic heterocycles. The summed E-state index contributed by atoms with van der Waals surface area (Å²) in [6, 6.07) is 0. The largest absolute Gasteiger partial charge is 0.391 e. The van der Waals surface area contributed by atoms with Crippen LogP contribution in [0.4, 0.5) is 0 Å². The summed E-state index contributed by atoms with van der Waals surface area (Å²) in [6.45, 7) is 14.5. The predicted molar refractivity (Wildman–Crippen MR) is 128 cm³/mol. The lowest BCUT2D eigenvalue weighted by atomic mass is 9.44. The number of carbonyl (C=O) groups is 1. The maximum absolute atomic E-state index is 13.5. The van der Waals surface area contributed by atoms with Gasteiger partial charge in [0, 0.05) is 18.9 Å². The minimum absolute atomic E-state index is 0.121. The monoisotopic (exact) mass is 441 g/mol. The van der Waals surface area contributed by atoms with Crippen molar-refractivity contribution in [2.75, 3.05) is 7.05 Å². The van der Waals surface area contributed by atoms with Gasteiger partial charge in [-0.2, -0.15) is 0 Å². The number of fused-ring (bicyclic) bond motifs is 5. The molecule has 0 amide bonds. The van der Waals surface area contributed by atoms with Crippen LogP contribution in [0.15, 0.2) is 54.1 Å². The fourth-order valence-electron chi connectivity index (χ4n) is 8.19. The maximum Gasteiger partial charge on any atom is 0.147 e. The number of nitrogens with zero attached hydrogens (tertiary/aromatic N) is 1. The number of Topliss-reactive ketones (excluding diaryl/α,β-unsaturated/α-hetero) is 1. The van der Waals surface area contributed by atoms with Crippen LogP contribution in [0, 0.1) is 34.0 Å². The van der Waals surface area contributed by atoms with Crippen LogP contribution in [-0.4, -0.2) is 34.6 Å². The molecule has 3 nitrogen and oxygen atoms in total. The van der Waals surface area contributed by atoms with E-state index in [9.17, 15) is 9.90 Å². The molecule has 0 radical (unpaired) electrons. The van der Waals surface area contributed by atoms with Crippen molar-refractivity contribution in [3.05, 3.63) is 49.1 Å². The molecule has 4 aliphatic carbocycles. The predicted octanol–water partition coefficient (Wildman–Crippen LogP) is 5.69. The molecule has 4 rings (SSSR count). The summed E-state index contributed by atoms with van der Waals surface area (Å²) in [7, 11) is 1.80. The van der Waals surface area contributed by atoms with Gasteiger partial charge in [-0.1, -0.05) is 44.6 Å². The van der Waals surface area contributed by atoms with Crippen molar-refractivity contribution in [2.24, 2.45) is 39.0 Å². The molecule has 0 aliphatic heterocycles. The number of ketones is 1. The van der Waals surface area contributed by atoms with Crippen LogP contribution in [-0.2, 0) is 4.79 Å². The number of aliphatic hydroxyl groups is 1. The lowest BCUT2D eigenvalue weighted by Gasteiger charge is -2.64. The van der Waals surface area contributed by atoms with Gasteiger partial charge in [-0.15, -0.1) is 24.8 Å². The number of aliphatic imine (C=N–C) groups is 1. The first kappa shape index (κ1) is 22.7. The van der Waals surface area contributed by atoms with Crippen LogP contribution in [0.1, 0.15) is 52.9 Å². The third-order valence-corrected chi connectivity index (χ3v) is 10.7. The molecular weight excluding hydrogens is 406 g/mol. The molecule has 31 heavy (non-hydrogen) atoms. The molecule has 0 heterocycles. The summed E-state index contributed by atoms with van der Waals surface area (Å²) in [4.78, 5) is 17.0. The lowest BCUT2D eigenvalue weighted by Crippen LogP contribution is -2.67. The maximum atomic E-state index is 13.5. The first-order chi connectivity index (χ1) is 14.6. The molecule has 0 saturated heterocycles. The summed E-state index contributed by atoms with van der Waals surface area (Å²) in [5.74, 6) is 0.705. The fraction of sp³-hybridized carbons (Fsp3) is 0.630. The Kier molecular flexibility index (Phi) is 5.34. The highest BCUT2D eigenvalue weighted by molar-refractivity contribution is 6.26.